The van der Waals surface area contributed by atoms with E-state index in [9.17, 15) is 0 Å². The number of aryl methyl sites for hydroxylation is 1. The normalized spacial score (nSPS) is 14.3. The first-order valence-corrected chi connectivity index (χ1v) is 10.7. The highest BCUT2D eigenvalue weighted by Crippen LogP contribution is 2.33. The molecule has 0 atom stereocenters. The number of aliphatic imine (C=N–C) groups is 1. The van der Waals surface area contributed by atoms with Crippen molar-refractivity contribution in [1.82, 2.24) is 25.3 Å². The van der Waals surface area contributed by atoms with Crippen LogP contribution in [0.1, 0.15) is 24.5 Å². The van der Waals surface area contributed by atoms with Crippen LogP contribution in [-0.4, -0.2) is 67.6 Å². The maximum absolute atomic E-state index is 5.46. The molecule has 0 saturated carbocycles. The fourth-order valence-corrected chi connectivity index (χ4v) is 3.66. The van der Waals surface area contributed by atoms with E-state index < -0.39 is 0 Å². The standard InChI is InChI=1S/C22H34N6O2/c1-4-23-22(24-8-5-11-28-12-6-9-26-28)25-10-14-27-13-7-18-15-20(29-2)21(30-3)16-19(18)17-27/h6,9,12,15-16H,4-5,7-8,10-11,13-14,17H2,1-3H3,(H2,23,24,25). The van der Waals surface area contributed by atoms with E-state index in [4.69, 9.17) is 9.47 Å². The monoisotopic (exact) mass is 414 g/mol. The zero-order chi connectivity index (χ0) is 21.2. The molecule has 1 aliphatic heterocycles. The molecule has 8 heteroatoms. The molecule has 2 aromatic rings. The number of hydrogen-bond acceptors (Lipinski definition) is 5. The Morgan fingerprint density at radius 2 is 1.93 bits per heavy atom. The molecular formula is C22H34N6O2. The molecule has 2 heterocycles. The van der Waals surface area contributed by atoms with Crippen molar-refractivity contribution in [3.05, 3.63) is 41.7 Å². The largest absolute Gasteiger partial charge is 0.493 e. The van der Waals surface area contributed by atoms with Gasteiger partial charge < -0.3 is 20.1 Å². The molecule has 0 saturated heterocycles. The average molecular weight is 415 g/mol. The summed E-state index contributed by atoms with van der Waals surface area (Å²) >= 11 is 0. The molecule has 0 bridgehead atoms. The van der Waals surface area contributed by atoms with Crippen LogP contribution in [0.15, 0.2) is 35.6 Å². The molecular weight excluding hydrogens is 380 g/mol. The van der Waals surface area contributed by atoms with Gasteiger partial charge in [0.25, 0.3) is 0 Å². The summed E-state index contributed by atoms with van der Waals surface area (Å²) in [5.41, 5.74) is 2.67. The maximum Gasteiger partial charge on any atom is 0.191 e. The van der Waals surface area contributed by atoms with Crippen molar-refractivity contribution in [3.8, 4) is 11.5 Å². The van der Waals surface area contributed by atoms with Crippen LogP contribution >= 0.6 is 0 Å². The molecule has 0 spiro atoms. The lowest BCUT2D eigenvalue weighted by atomic mass is 9.99. The van der Waals surface area contributed by atoms with E-state index in [0.29, 0.717) is 0 Å². The van der Waals surface area contributed by atoms with Crippen molar-refractivity contribution in [2.75, 3.05) is 46.9 Å². The van der Waals surface area contributed by atoms with Gasteiger partial charge in [0, 0.05) is 58.2 Å². The molecule has 0 aliphatic carbocycles. The zero-order valence-electron chi connectivity index (χ0n) is 18.4. The Balaban J connectivity index is 1.45. The first-order valence-electron chi connectivity index (χ1n) is 10.7. The number of aromatic nitrogens is 2. The lowest BCUT2D eigenvalue weighted by Crippen LogP contribution is -2.42. The number of benzene rings is 1. The fraction of sp³-hybridized carbons (Fsp3) is 0.545. The van der Waals surface area contributed by atoms with E-state index in [1.165, 1.54) is 11.1 Å². The van der Waals surface area contributed by atoms with Gasteiger partial charge in [-0.3, -0.25) is 14.6 Å². The van der Waals surface area contributed by atoms with Gasteiger partial charge in [-0.2, -0.15) is 5.10 Å². The van der Waals surface area contributed by atoms with Gasteiger partial charge in [-0.15, -0.1) is 0 Å². The second kappa shape index (κ2) is 11.4. The number of nitrogens with one attached hydrogen (secondary N) is 2. The number of nitrogens with zero attached hydrogens (tertiary/aromatic N) is 4. The molecule has 30 heavy (non-hydrogen) atoms. The minimum Gasteiger partial charge on any atom is -0.493 e. The quantitative estimate of drug-likeness (QED) is 0.351. The number of rotatable bonds is 10. The van der Waals surface area contributed by atoms with Gasteiger partial charge in [-0.1, -0.05) is 0 Å². The van der Waals surface area contributed by atoms with Crippen LogP contribution in [0.4, 0.5) is 0 Å². The van der Waals surface area contributed by atoms with Crippen molar-refractivity contribution >= 4 is 5.96 Å². The minimum absolute atomic E-state index is 0.772. The van der Waals surface area contributed by atoms with Crippen LogP contribution in [0.25, 0.3) is 0 Å². The van der Waals surface area contributed by atoms with Gasteiger partial charge in [-0.05, 0) is 49.1 Å². The van der Waals surface area contributed by atoms with E-state index in [1.54, 1.807) is 20.4 Å². The Morgan fingerprint density at radius 3 is 2.63 bits per heavy atom. The van der Waals surface area contributed by atoms with Crippen molar-refractivity contribution in [2.45, 2.75) is 32.9 Å². The van der Waals surface area contributed by atoms with E-state index in [2.05, 4.69) is 44.7 Å². The van der Waals surface area contributed by atoms with E-state index >= 15 is 0 Å². The maximum atomic E-state index is 5.46. The number of fused-ring (bicyclic) bond motifs is 1. The van der Waals surface area contributed by atoms with E-state index in [0.717, 1.165) is 76.1 Å². The first kappa shape index (κ1) is 22.0. The Kier molecular flexibility index (Phi) is 8.38. The molecule has 0 fully saturated rings. The molecule has 1 aromatic heterocycles. The van der Waals surface area contributed by atoms with Gasteiger partial charge in [0.1, 0.15) is 0 Å². The van der Waals surface area contributed by atoms with Gasteiger partial charge >= 0.3 is 0 Å². The fourth-order valence-electron chi connectivity index (χ4n) is 3.66. The summed E-state index contributed by atoms with van der Waals surface area (Å²) in [5, 5.41) is 11.0. The molecule has 1 aromatic carbocycles. The van der Waals surface area contributed by atoms with Crippen molar-refractivity contribution in [2.24, 2.45) is 4.99 Å². The molecule has 0 unspecified atom stereocenters. The highest BCUT2D eigenvalue weighted by atomic mass is 16.5. The van der Waals surface area contributed by atoms with Crippen LogP contribution in [0.3, 0.4) is 0 Å². The van der Waals surface area contributed by atoms with Crippen molar-refractivity contribution in [3.63, 3.8) is 0 Å². The third kappa shape index (κ3) is 6.13. The topological polar surface area (TPSA) is 75.9 Å². The predicted molar refractivity (Wildman–Crippen MR) is 119 cm³/mol. The number of ether oxygens (including phenoxy) is 2. The first-order chi connectivity index (χ1) is 14.7. The number of hydrogen-bond donors (Lipinski definition) is 2. The summed E-state index contributed by atoms with van der Waals surface area (Å²) < 4.78 is 12.8. The van der Waals surface area contributed by atoms with Crippen LogP contribution in [0, 0.1) is 0 Å². The molecule has 0 amide bonds. The predicted octanol–water partition coefficient (Wildman–Crippen LogP) is 1.90. The molecule has 164 valence electrons. The Hall–Kier alpha value is -2.74. The van der Waals surface area contributed by atoms with Crippen molar-refractivity contribution < 1.29 is 9.47 Å². The lowest BCUT2D eigenvalue weighted by Gasteiger charge is -2.29. The van der Waals surface area contributed by atoms with E-state index in [1.807, 2.05) is 16.9 Å². The smallest absolute Gasteiger partial charge is 0.191 e. The summed E-state index contributed by atoms with van der Waals surface area (Å²) in [6, 6.07) is 6.17. The van der Waals surface area contributed by atoms with Crippen LogP contribution in [0.2, 0.25) is 0 Å². The summed E-state index contributed by atoms with van der Waals surface area (Å²) in [6.07, 6.45) is 5.78. The third-order valence-electron chi connectivity index (χ3n) is 5.24. The SMILES string of the molecule is CCNC(=NCCCn1cccn1)NCCN1CCc2cc(OC)c(OC)cc2C1. The molecule has 2 N–H and O–H groups in total. The summed E-state index contributed by atoms with van der Waals surface area (Å²) in [5.74, 6) is 2.49. The van der Waals surface area contributed by atoms with E-state index in [-0.39, 0.29) is 0 Å². The van der Waals surface area contributed by atoms with Gasteiger partial charge in [0.2, 0.25) is 0 Å². The van der Waals surface area contributed by atoms with Crippen LogP contribution < -0.4 is 20.1 Å². The molecule has 0 radical (unpaired) electrons. The summed E-state index contributed by atoms with van der Waals surface area (Å²) in [7, 11) is 3.37. The average Bonchev–Trinajstić information content (AvgIpc) is 3.29. The molecule has 3 rings (SSSR count). The molecule has 8 nitrogen and oxygen atoms in total. The van der Waals surface area contributed by atoms with Crippen LogP contribution in [-0.2, 0) is 19.5 Å². The lowest BCUT2D eigenvalue weighted by molar-refractivity contribution is 0.256. The van der Waals surface area contributed by atoms with Gasteiger partial charge in [0.15, 0.2) is 17.5 Å². The minimum atomic E-state index is 0.772. The second-order valence-corrected chi connectivity index (χ2v) is 7.31. The number of guanidine groups is 1. The Labute approximate surface area is 179 Å². The summed E-state index contributed by atoms with van der Waals surface area (Å²) in [6.45, 7) is 8.38. The zero-order valence-corrected chi connectivity index (χ0v) is 18.4. The second-order valence-electron chi connectivity index (χ2n) is 7.31. The van der Waals surface area contributed by atoms with Gasteiger partial charge in [0.05, 0.1) is 14.2 Å². The molecule has 1 aliphatic rings. The number of methoxy groups -OCH3 is 2. The highest BCUT2D eigenvalue weighted by molar-refractivity contribution is 5.79. The van der Waals surface area contributed by atoms with Crippen molar-refractivity contribution in [1.29, 1.82) is 0 Å². The Bertz CT molecular complexity index is 806. The van der Waals surface area contributed by atoms with Gasteiger partial charge in [-0.25, -0.2) is 0 Å². The third-order valence-corrected chi connectivity index (χ3v) is 5.24. The van der Waals surface area contributed by atoms with Crippen LogP contribution in [0.5, 0.6) is 11.5 Å². The highest BCUT2D eigenvalue weighted by Gasteiger charge is 2.19. The summed E-state index contributed by atoms with van der Waals surface area (Å²) in [4.78, 5) is 7.14. The Morgan fingerprint density at radius 1 is 1.13 bits per heavy atom.